The Hall–Kier alpha value is -3.42. The number of carbonyl (C=O) groups is 2. The molecule has 164 valence electrons. The number of anilines is 1. The predicted octanol–water partition coefficient (Wildman–Crippen LogP) is 5.19. The predicted molar refractivity (Wildman–Crippen MR) is 123 cm³/mol. The number of hydrazone groups is 1. The van der Waals surface area contributed by atoms with Gasteiger partial charge in [0.05, 0.1) is 16.3 Å². The van der Waals surface area contributed by atoms with Gasteiger partial charge in [-0.05, 0) is 65.7 Å². The summed E-state index contributed by atoms with van der Waals surface area (Å²) in [5, 5.41) is 7.06. The first-order chi connectivity index (χ1) is 15.4. The van der Waals surface area contributed by atoms with Crippen molar-refractivity contribution >= 4 is 46.9 Å². The first kappa shape index (κ1) is 23.2. The van der Waals surface area contributed by atoms with Gasteiger partial charge in [0.25, 0.3) is 0 Å². The maximum Gasteiger partial charge on any atom is 0.249 e. The molecule has 2 amide bonds. The Bertz CT molecular complexity index is 1120. The third-order valence-corrected chi connectivity index (χ3v) is 4.87. The molecule has 2 N–H and O–H groups in total. The van der Waals surface area contributed by atoms with Crippen LogP contribution in [-0.2, 0) is 16.2 Å². The number of benzene rings is 3. The van der Waals surface area contributed by atoms with Gasteiger partial charge in [-0.1, -0.05) is 35.3 Å². The molecule has 6 nitrogen and oxygen atoms in total. The maximum absolute atomic E-state index is 12.9. The van der Waals surface area contributed by atoms with Gasteiger partial charge in [-0.25, -0.2) is 9.82 Å². The van der Waals surface area contributed by atoms with E-state index in [1.165, 1.54) is 24.4 Å². The summed E-state index contributed by atoms with van der Waals surface area (Å²) in [6.45, 7) is 0.314. The molecular formula is C23H18Cl2FN3O3. The van der Waals surface area contributed by atoms with Gasteiger partial charge >= 0.3 is 0 Å². The molecule has 3 aromatic rings. The highest BCUT2D eigenvalue weighted by molar-refractivity contribution is 6.42. The third kappa shape index (κ3) is 7.37. The van der Waals surface area contributed by atoms with Crippen LogP contribution in [0.25, 0.3) is 0 Å². The number of amides is 2. The lowest BCUT2D eigenvalue weighted by atomic mass is 10.2. The molecule has 32 heavy (non-hydrogen) atoms. The number of ether oxygens (including phenoxy) is 1. The number of hydrogen-bond donors (Lipinski definition) is 2. The fourth-order valence-electron chi connectivity index (χ4n) is 2.54. The highest BCUT2D eigenvalue weighted by Gasteiger charge is 2.10. The van der Waals surface area contributed by atoms with Gasteiger partial charge in [0.2, 0.25) is 11.8 Å². The maximum atomic E-state index is 12.9. The molecule has 0 aromatic heterocycles. The van der Waals surface area contributed by atoms with Gasteiger partial charge in [-0.15, -0.1) is 0 Å². The second-order valence-electron chi connectivity index (χ2n) is 6.63. The van der Waals surface area contributed by atoms with Crippen molar-refractivity contribution in [3.05, 3.63) is 93.7 Å². The number of halogens is 3. The molecule has 0 saturated heterocycles. The van der Waals surface area contributed by atoms with Gasteiger partial charge in [-0.2, -0.15) is 5.10 Å². The summed E-state index contributed by atoms with van der Waals surface area (Å²) >= 11 is 11.7. The average molecular weight is 474 g/mol. The van der Waals surface area contributed by atoms with Gasteiger partial charge in [0, 0.05) is 5.69 Å². The molecule has 0 aliphatic heterocycles. The summed E-state index contributed by atoms with van der Waals surface area (Å²) in [7, 11) is 0. The van der Waals surface area contributed by atoms with Crippen molar-refractivity contribution in [2.45, 2.75) is 13.0 Å². The van der Waals surface area contributed by atoms with Crippen LogP contribution in [0.3, 0.4) is 0 Å². The van der Waals surface area contributed by atoms with Crippen molar-refractivity contribution in [2.24, 2.45) is 5.10 Å². The Labute approximate surface area is 194 Å². The molecule has 0 aliphatic carbocycles. The lowest BCUT2D eigenvalue weighted by Crippen LogP contribution is -2.24. The Morgan fingerprint density at radius 3 is 2.34 bits per heavy atom. The molecule has 0 heterocycles. The topological polar surface area (TPSA) is 79.8 Å². The van der Waals surface area contributed by atoms with E-state index in [1.807, 2.05) is 0 Å². The average Bonchev–Trinajstić information content (AvgIpc) is 2.77. The molecule has 3 rings (SSSR count). The van der Waals surface area contributed by atoms with Crippen LogP contribution in [0, 0.1) is 5.82 Å². The zero-order valence-electron chi connectivity index (χ0n) is 16.6. The largest absolute Gasteiger partial charge is 0.489 e. The summed E-state index contributed by atoms with van der Waals surface area (Å²) in [5.74, 6) is -0.747. The minimum absolute atomic E-state index is 0.295. The second kappa shape index (κ2) is 11.3. The molecule has 0 spiro atoms. The van der Waals surface area contributed by atoms with Crippen molar-refractivity contribution in [1.29, 1.82) is 0 Å². The minimum Gasteiger partial charge on any atom is -0.489 e. The van der Waals surface area contributed by atoms with Crippen LogP contribution in [0.5, 0.6) is 5.75 Å². The van der Waals surface area contributed by atoms with E-state index in [9.17, 15) is 14.0 Å². The summed E-state index contributed by atoms with van der Waals surface area (Å²) < 4.78 is 18.6. The van der Waals surface area contributed by atoms with E-state index in [2.05, 4.69) is 15.8 Å². The molecule has 0 bridgehead atoms. The van der Waals surface area contributed by atoms with Gasteiger partial charge in [-0.3, -0.25) is 9.59 Å². The highest BCUT2D eigenvalue weighted by Crippen LogP contribution is 2.25. The van der Waals surface area contributed by atoms with E-state index in [1.54, 1.807) is 48.5 Å². The molecule has 0 fully saturated rings. The van der Waals surface area contributed by atoms with E-state index in [0.29, 0.717) is 28.1 Å². The van der Waals surface area contributed by atoms with E-state index in [-0.39, 0.29) is 5.82 Å². The smallest absolute Gasteiger partial charge is 0.249 e. The first-order valence-corrected chi connectivity index (χ1v) is 10.2. The summed E-state index contributed by atoms with van der Waals surface area (Å²) in [4.78, 5) is 23.8. The quantitative estimate of drug-likeness (QED) is 0.268. The highest BCUT2D eigenvalue weighted by atomic mass is 35.5. The van der Waals surface area contributed by atoms with E-state index in [4.69, 9.17) is 27.9 Å². The lowest BCUT2D eigenvalue weighted by Gasteiger charge is -2.06. The molecule has 0 aliphatic rings. The molecule has 9 heteroatoms. The summed E-state index contributed by atoms with van der Waals surface area (Å²) in [6, 6.07) is 17.7. The monoisotopic (exact) mass is 473 g/mol. The van der Waals surface area contributed by atoms with E-state index in [0.717, 1.165) is 11.1 Å². The second-order valence-corrected chi connectivity index (χ2v) is 7.45. The van der Waals surface area contributed by atoms with E-state index >= 15 is 0 Å². The summed E-state index contributed by atoms with van der Waals surface area (Å²) in [5.41, 5.74) is 4.30. The number of rotatable bonds is 8. The Balaban J connectivity index is 1.42. The molecule has 0 atom stereocenters. The standard InChI is InChI=1S/C23H18Cl2FN3O3/c24-20-10-7-18(11-21(20)25)28-22(30)12-23(31)29-27-13-15-3-8-19(9-4-15)32-14-16-1-5-17(26)6-2-16/h1-11,13H,12,14H2,(H,28,30)(H,29,31). The molecule has 0 radical (unpaired) electrons. The van der Waals surface area contributed by atoms with Gasteiger partial charge in [0.15, 0.2) is 0 Å². The van der Waals surface area contributed by atoms with Crippen LogP contribution in [0.4, 0.5) is 10.1 Å². The van der Waals surface area contributed by atoms with Crippen LogP contribution in [0.15, 0.2) is 71.8 Å². The fourth-order valence-corrected chi connectivity index (χ4v) is 2.84. The SMILES string of the molecule is O=C(CC(=O)Nc1ccc(Cl)c(Cl)c1)NN=Cc1ccc(OCc2ccc(F)cc2)cc1. The molecule has 0 unspecified atom stereocenters. The van der Waals surface area contributed by atoms with Crippen molar-refractivity contribution in [1.82, 2.24) is 5.43 Å². The minimum atomic E-state index is -0.571. The Morgan fingerprint density at radius 2 is 1.66 bits per heavy atom. The van der Waals surface area contributed by atoms with Crippen molar-refractivity contribution in [3.63, 3.8) is 0 Å². The number of nitrogens with one attached hydrogen (secondary N) is 2. The van der Waals surface area contributed by atoms with Crippen LogP contribution < -0.4 is 15.5 Å². The van der Waals surface area contributed by atoms with Crippen molar-refractivity contribution < 1.29 is 18.7 Å². The number of nitrogens with zero attached hydrogens (tertiary/aromatic N) is 1. The zero-order valence-corrected chi connectivity index (χ0v) is 18.2. The number of carbonyl (C=O) groups excluding carboxylic acids is 2. The summed E-state index contributed by atoms with van der Waals surface area (Å²) in [6.07, 6.45) is 1.03. The Kier molecular flexibility index (Phi) is 8.19. The lowest BCUT2D eigenvalue weighted by molar-refractivity contribution is -0.126. The molecule has 3 aromatic carbocycles. The first-order valence-electron chi connectivity index (χ1n) is 9.43. The van der Waals surface area contributed by atoms with Gasteiger partial charge < -0.3 is 10.1 Å². The van der Waals surface area contributed by atoms with Crippen LogP contribution in [0.2, 0.25) is 10.0 Å². The number of hydrogen-bond acceptors (Lipinski definition) is 4. The third-order valence-electron chi connectivity index (χ3n) is 4.13. The van der Waals surface area contributed by atoms with Crippen LogP contribution >= 0.6 is 23.2 Å². The Morgan fingerprint density at radius 1 is 0.938 bits per heavy atom. The van der Waals surface area contributed by atoms with E-state index < -0.39 is 18.2 Å². The fraction of sp³-hybridized carbons (Fsp3) is 0.0870. The molecular weight excluding hydrogens is 456 g/mol. The van der Waals surface area contributed by atoms with Gasteiger partial charge in [0.1, 0.15) is 24.6 Å². The van der Waals surface area contributed by atoms with Crippen LogP contribution in [0.1, 0.15) is 17.5 Å². The van der Waals surface area contributed by atoms with Crippen molar-refractivity contribution in [3.8, 4) is 5.75 Å². The van der Waals surface area contributed by atoms with Crippen LogP contribution in [-0.4, -0.2) is 18.0 Å². The normalized spacial score (nSPS) is 10.7. The zero-order chi connectivity index (χ0) is 22.9. The molecule has 0 saturated carbocycles. The van der Waals surface area contributed by atoms with Crippen molar-refractivity contribution in [2.75, 3.05) is 5.32 Å².